The van der Waals surface area contributed by atoms with Crippen LogP contribution in [-0.2, 0) is 13.0 Å². The summed E-state index contributed by atoms with van der Waals surface area (Å²) in [5.74, 6) is 0.920. The Morgan fingerprint density at radius 3 is 2.47 bits per heavy atom. The molecule has 17 heavy (non-hydrogen) atoms. The first-order valence-corrected chi connectivity index (χ1v) is 5.85. The lowest BCUT2D eigenvalue weighted by Gasteiger charge is -2.09. The third-order valence-electron chi connectivity index (χ3n) is 2.83. The summed E-state index contributed by atoms with van der Waals surface area (Å²) >= 11 is 0. The van der Waals surface area contributed by atoms with E-state index >= 15 is 0 Å². The van der Waals surface area contributed by atoms with Gasteiger partial charge < -0.3 is 4.74 Å². The summed E-state index contributed by atoms with van der Waals surface area (Å²) in [7, 11) is 0. The molecule has 0 bridgehead atoms. The van der Waals surface area contributed by atoms with Crippen LogP contribution in [0.5, 0.6) is 5.75 Å². The van der Waals surface area contributed by atoms with Crippen LogP contribution in [-0.4, -0.2) is 0 Å². The Morgan fingerprint density at radius 2 is 1.82 bits per heavy atom. The lowest BCUT2D eigenvalue weighted by Crippen LogP contribution is -1.96. The van der Waals surface area contributed by atoms with E-state index in [0.717, 1.165) is 12.2 Å². The van der Waals surface area contributed by atoms with E-state index in [4.69, 9.17) is 4.74 Å². The first-order chi connectivity index (χ1) is 8.29. The molecular weight excluding hydrogens is 208 g/mol. The van der Waals surface area contributed by atoms with Crippen LogP contribution in [0.4, 0.5) is 0 Å². The summed E-state index contributed by atoms with van der Waals surface area (Å²) in [6, 6.07) is 16.4. The minimum atomic E-state index is 0.615. The van der Waals surface area contributed by atoms with Gasteiger partial charge in [0, 0.05) is 0 Å². The van der Waals surface area contributed by atoms with Crippen molar-refractivity contribution in [1.29, 1.82) is 0 Å². The molecule has 0 amide bonds. The van der Waals surface area contributed by atoms with Crippen LogP contribution in [0.15, 0.2) is 48.5 Å². The Kier molecular flexibility index (Phi) is 3.81. The average molecular weight is 225 g/mol. The molecule has 0 unspecified atom stereocenters. The molecule has 0 spiro atoms. The molecule has 1 radical (unpaired) electrons. The molecule has 1 heteroatoms. The molecular formula is C16H17O. The van der Waals surface area contributed by atoms with E-state index in [0.29, 0.717) is 6.61 Å². The van der Waals surface area contributed by atoms with Crippen LogP contribution in [0.2, 0.25) is 0 Å². The molecule has 2 aromatic carbocycles. The van der Waals surface area contributed by atoms with Gasteiger partial charge in [-0.15, -0.1) is 0 Å². The highest BCUT2D eigenvalue weighted by Gasteiger charge is 1.99. The van der Waals surface area contributed by atoms with Crippen molar-refractivity contribution in [3.63, 3.8) is 0 Å². The van der Waals surface area contributed by atoms with Crippen LogP contribution in [0.3, 0.4) is 0 Å². The van der Waals surface area contributed by atoms with Gasteiger partial charge in [0.2, 0.25) is 0 Å². The lowest BCUT2D eigenvalue weighted by atomic mass is 10.1. The van der Waals surface area contributed by atoms with Crippen molar-refractivity contribution in [2.45, 2.75) is 20.0 Å². The van der Waals surface area contributed by atoms with Gasteiger partial charge in [-0.1, -0.05) is 36.4 Å². The highest BCUT2D eigenvalue weighted by atomic mass is 16.5. The predicted molar refractivity (Wildman–Crippen MR) is 71.0 cm³/mol. The quantitative estimate of drug-likeness (QED) is 0.765. The molecule has 0 aliphatic heterocycles. The van der Waals surface area contributed by atoms with Gasteiger partial charge in [-0.25, -0.2) is 0 Å². The van der Waals surface area contributed by atoms with Gasteiger partial charge in [0.1, 0.15) is 12.4 Å². The highest BCUT2D eigenvalue weighted by molar-refractivity contribution is 5.35. The van der Waals surface area contributed by atoms with Crippen LogP contribution < -0.4 is 4.74 Å². The Balaban J connectivity index is 2.02. The number of rotatable bonds is 4. The second-order valence-electron chi connectivity index (χ2n) is 4.11. The molecule has 0 N–H and O–H groups in total. The highest BCUT2D eigenvalue weighted by Crippen LogP contribution is 2.18. The Morgan fingerprint density at radius 1 is 1.06 bits per heavy atom. The molecule has 2 aromatic rings. The normalized spacial score (nSPS) is 10.2. The Labute approximate surface area is 103 Å². The molecule has 0 fully saturated rings. The largest absolute Gasteiger partial charge is 0.489 e. The van der Waals surface area contributed by atoms with Gasteiger partial charge in [0.05, 0.1) is 0 Å². The number of benzene rings is 2. The molecule has 0 atom stereocenters. The van der Waals surface area contributed by atoms with Crippen molar-refractivity contribution < 1.29 is 4.74 Å². The third kappa shape index (κ3) is 3.10. The molecule has 0 aliphatic carbocycles. The van der Waals surface area contributed by atoms with Gasteiger partial charge in [-0.05, 0) is 49.1 Å². The van der Waals surface area contributed by atoms with E-state index in [1.807, 2.05) is 24.3 Å². The fraction of sp³-hybridized carbons (Fsp3) is 0.188. The number of aryl methyl sites for hydroxylation is 1. The minimum Gasteiger partial charge on any atom is -0.489 e. The zero-order chi connectivity index (χ0) is 12.1. The molecule has 1 nitrogen and oxygen atoms in total. The minimum absolute atomic E-state index is 0.615. The molecule has 87 valence electrons. The van der Waals surface area contributed by atoms with Gasteiger partial charge in [-0.3, -0.25) is 0 Å². The second-order valence-corrected chi connectivity index (χ2v) is 4.11. The lowest BCUT2D eigenvalue weighted by molar-refractivity contribution is 0.306. The van der Waals surface area contributed by atoms with Gasteiger partial charge in [0.25, 0.3) is 0 Å². The van der Waals surface area contributed by atoms with Crippen LogP contribution in [0.25, 0.3) is 0 Å². The molecule has 0 aromatic heterocycles. The molecule has 0 heterocycles. The standard InChI is InChI=1S/C16H17O/c1-3-15-9-10-16(11-13(15)2)17-12-14-7-5-4-6-8-14/h4-11H,1,3,12H2,2H3. The van der Waals surface area contributed by atoms with Crippen molar-refractivity contribution in [1.82, 2.24) is 0 Å². The summed E-state index contributed by atoms with van der Waals surface area (Å²) in [5.41, 5.74) is 3.70. The third-order valence-corrected chi connectivity index (χ3v) is 2.83. The van der Waals surface area contributed by atoms with E-state index in [2.05, 4.69) is 38.1 Å². The summed E-state index contributed by atoms with van der Waals surface area (Å²) in [4.78, 5) is 0. The van der Waals surface area contributed by atoms with Crippen molar-refractivity contribution in [2.24, 2.45) is 0 Å². The molecule has 0 saturated carbocycles. The van der Waals surface area contributed by atoms with Crippen molar-refractivity contribution >= 4 is 0 Å². The topological polar surface area (TPSA) is 9.23 Å². The fourth-order valence-electron chi connectivity index (χ4n) is 1.78. The van der Waals surface area contributed by atoms with E-state index in [-0.39, 0.29) is 0 Å². The summed E-state index contributed by atoms with van der Waals surface area (Å²) in [5, 5.41) is 0. The maximum absolute atomic E-state index is 5.75. The van der Waals surface area contributed by atoms with Crippen molar-refractivity contribution in [2.75, 3.05) is 0 Å². The van der Waals surface area contributed by atoms with Crippen LogP contribution in [0, 0.1) is 13.8 Å². The van der Waals surface area contributed by atoms with Crippen molar-refractivity contribution in [3.05, 3.63) is 72.1 Å². The Hall–Kier alpha value is -1.76. The SMILES string of the molecule is [CH2]Cc1ccc(OCc2ccccc2)cc1C. The van der Waals surface area contributed by atoms with Gasteiger partial charge in [-0.2, -0.15) is 0 Å². The number of ether oxygens (including phenoxy) is 1. The number of hydrogen-bond donors (Lipinski definition) is 0. The van der Waals surface area contributed by atoms with E-state index in [1.54, 1.807) is 0 Å². The number of hydrogen-bond acceptors (Lipinski definition) is 1. The molecule has 0 aliphatic rings. The maximum Gasteiger partial charge on any atom is 0.120 e. The van der Waals surface area contributed by atoms with Gasteiger partial charge in [0.15, 0.2) is 0 Å². The smallest absolute Gasteiger partial charge is 0.120 e. The molecule has 2 rings (SSSR count). The monoisotopic (exact) mass is 225 g/mol. The van der Waals surface area contributed by atoms with E-state index in [9.17, 15) is 0 Å². The molecule has 0 saturated heterocycles. The predicted octanol–water partition coefficient (Wildman–Crippen LogP) is 3.95. The first kappa shape index (κ1) is 11.7. The van der Waals surface area contributed by atoms with E-state index in [1.165, 1.54) is 16.7 Å². The zero-order valence-electron chi connectivity index (χ0n) is 10.1. The fourth-order valence-corrected chi connectivity index (χ4v) is 1.78. The van der Waals surface area contributed by atoms with Crippen molar-refractivity contribution in [3.8, 4) is 5.75 Å². The van der Waals surface area contributed by atoms with Crippen LogP contribution >= 0.6 is 0 Å². The summed E-state index contributed by atoms with van der Waals surface area (Å²) in [6.45, 7) is 6.61. The summed E-state index contributed by atoms with van der Waals surface area (Å²) in [6.07, 6.45) is 0.824. The second kappa shape index (κ2) is 5.53. The van der Waals surface area contributed by atoms with Gasteiger partial charge >= 0.3 is 0 Å². The Bertz CT molecular complexity index is 474. The maximum atomic E-state index is 5.75. The van der Waals surface area contributed by atoms with E-state index < -0.39 is 0 Å². The van der Waals surface area contributed by atoms with Crippen LogP contribution in [0.1, 0.15) is 16.7 Å². The first-order valence-electron chi connectivity index (χ1n) is 5.85. The average Bonchev–Trinajstić information content (AvgIpc) is 2.38. The summed E-state index contributed by atoms with van der Waals surface area (Å²) < 4.78 is 5.75. The zero-order valence-corrected chi connectivity index (χ0v) is 10.1.